The number of nitrogens with zero attached hydrogens (tertiary/aromatic N) is 1. The molecule has 0 aliphatic heterocycles. The predicted octanol–water partition coefficient (Wildman–Crippen LogP) is 0.964. The summed E-state index contributed by atoms with van der Waals surface area (Å²) >= 11 is 0. The van der Waals surface area contributed by atoms with Gasteiger partial charge in [-0.15, -0.1) is 0 Å². The van der Waals surface area contributed by atoms with Crippen LogP contribution in [0.3, 0.4) is 0 Å². The predicted molar refractivity (Wildman–Crippen MR) is 46.3 cm³/mol. The van der Waals surface area contributed by atoms with Gasteiger partial charge in [-0.2, -0.15) is 0 Å². The Morgan fingerprint density at radius 3 is 1.62 bits per heavy atom. The third kappa shape index (κ3) is 14.4. The summed E-state index contributed by atoms with van der Waals surface area (Å²) in [5.74, 6) is -0.879. The summed E-state index contributed by atoms with van der Waals surface area (Å²) in [5, 5.41) is 19.4. The first kappa shape index (κ1) is 16.3. The van der Waals surface area contributed by atoms with Crippen LogP contribution in [0.25, 0.3) is 0 Å². The fraction of sp³-hybridized carbons (Fsp3) is 0. The minimum absolute atomic E-state index is 0.331. The van der Waals surface area contributed by atoms with Crippen molar-refractivity contribution >= 4 is 13.2 Å². The third-order valence-electron chi connectivity index (χ3n) is 1.02. The Kier molecular flexibility index (Phi) is 8.39. The average molecular weight is 238 g/mol. The molecule has 1 rings (SSSR count). The van der Waals surface area contributed by atoms with Crippen LogP contribution >= 0.6 is 0 Å². The number of carbonyl (C=O) groups is 1. The van der Waals surface area contributed by atoms with Gasteiger partial charge in [-0.3, -0.25) is 0 Å². The number of benzene rings is 1. The Morgan fingerprint density at radius 1 is 1.12 bits per heavy atom. The minimum Gasteiger partial charge on any atom is -0.478 e. The first-order valence-electron chi connectivity index (χ1n) is 3.68. The molecular formula is C7H7BF4N2O2. The lowest BCUT2D eigenvalue weighted by Crippen LogP contribution is -2.11. The van der Waals surface area contributed by atoms with E-state index in [1.165, 1.54) is 0 Å². The van der Waals surface area contributed by atoms with Crippen LogP contribution in [0, 0.1) is 5.39 Å². The zero-order chi connectivity index (χ0) is 13.2. The maximum Gasteiger partial charge on any atom is 0.673 e. The number of nitrogens with one attached hydrogen (secondary N) is 1. The van der Waals surface area contributed by atoms with Gasteiger partial charge in [0.25, 0.3) is 0 Å². The molecular weight excluding hydrogens is 231 g/mol. The molecule has 0 fully saturated rings. The van der Waals surface area contributed by atoms with Gasteiger partial charge in [-0.25, -0.2) is 4.79 Å². The Labute approximate surface area is 88.0 Å². The molecule has 1 aromatic rings. The van der Waals surface area contributed by atoms with E-state index in [9.17, 15) is 22.1 Å². The lowest BCUT2D eigenvalue weighted by molar-refractivity contribution is -0.175. The van der Waals surface area contributed by atoms with Crippen molar-refractivity contribution in [3.05, 3.63) is 35.9 Å². The molecule has 0 saturated heterocycles. The van der Waals surface area contributed by atoms with Gasteiger partial charge < -0.3 is 22.4 Å². The molecule has 0 aliphatic carbocycles. The molecule has 0 radical (unpaired) electrons. The van der Waals surface area contributed by atoms with Crippen molar-refractivity contribution < 1.29 is 32.6 Å². The smallest absolute Gasteiger partial charge is 0.478 e. The molecule has 0 bridgehead atoms. The maximum atomic E-state index is 10.2. The van der Waals surface area contributed by atoms with Crippen LogP contribution in [0.4, 0.5) is 17.3 Å². The van der Waals surface area contributed by atoms with Crippen molar-refractivity contribution in [1.29, 1.82) is 5.39 Å². The quantitative estimate of drug-likeness (QED) is 0.434. The summed E-state index contributed by atoms with van der Waals surface area (Å²) in [4.78, 5) is 10.2. The van der Waals surface area contributed by atoms with E-state index < -0.39 is 13.2 Å². The second-order valence-corrected chi connectivity index (χ2v) is 2.17. The molecule has 0 unspecified atom stereocenters. The molecule has 0 spiro atoms. The van der Waals surface area contributed by atoms with Crippen LogP contribution in [0.2, 0.25) is 0 Å². The molecule has 0 aliphatic rings. The van der Waals surface area contributed by atoms with Gasteiger partial charge in [0.2, 0.25) is 5.39 Å². The van der Waals surface area contributed by atoms with Crippen molar-refractivity contribution in [1.82, 2.24) is 0 Å². The second-order valence-electron chi connectivity index (χ2n) is 2.17. The van der Waals surface area contributed by atoms with Gasteiger partial charge >= 0.3 is 13.2 Å². The summed E-state index contributed by atoms with van der Waals surface area (Å²) < 4.78 is 39.0. The van der Waals surface area contributed by atoms with E-state index in [0.717, 1.165) is 0 Å². The Morgan fingerprint density at radius 2 is 1.44 bits per heavy atom. The van der Waals surface area contributed by atoms with Crippen LogP contribution in [-0.4, -0.2) is 18.3 Å². The van der Waals surface area contributed by atoms with Crippen molar-refractivity contribution in [3.8, 4) is 0 Å². The molecule has 0 heterocycles. The molecule has 2 N–H and O–H groups in total. The Bertz CT molecular complexity index is 322. The van der Waals surface area contributed by atoms with E-state index in [0.29, 0.717) is 5.56 Å². The number of rotatable bonds is 1. The van der Waals surface area contributed by atoms with Crippen molar-refractivity contribution in [2.45, 2.75) is 0 Å². The van der Waals surface area contributed by atoms with E-state index in [1.54, 1.807) is 30.3 Å². The molecule has 0 amide bonds. The average Bonchev–Trinajstić information content (AvgIpc) is 2.20. The number of hydrogen-bond acceptors (Lipinski definition) is 2. The summed E-state index contributed by atoms with van der Waals surface area (Å²) in [6.07, 6.45) is 0. The summed E-state index contributed by atoms with van der Waals surface area (Å²) in [6.45, 7) is 0. The third-order valence-corrected chi connectivity index (χ3v) is 1.02. The minimum atomic E-state index is -6.00. The van der Waals surface area contributed by atoms with E-state index >= 15 is 0 Å². The number of carboxylic acids is 1. The number of hydrogen-bond donors (Lipinski definition) is 2. The van der Waals surface area contributed by atoms with Crippen molar-refractivity contribution in [3.63, 3.8) is 0 Å². The fourth-order valence-electron chi connectivity index (χ4n) is 0.581. The van der Waals surface area contributed by atoms with Crippen LogP contribution < -0.4 is 5.39 Å². The second kappa shape index (κ2) is 8.22. The largest absolute Gasteiger partial charge is 0.673 e. The lowest BCUT2D eigenvalue weighted by atomic mass is 10.2. The SMILES string of the molecule is F[B-](F)(F)F.N#[NH+].O=C(O)c1ccccc1. The Hall–Kier alpha value is -2.11. The highest BCUT2D eigenvalue weighted by molar-refractivity contribution is 6.50. The first-order chi connectivity index (χ1) is 7.30. The number of aromatic carboxylic acids is 1. The molecule has 4 nitrogen and oxygen atoms in total. The summed E-state index contributed by atoms with van der Waals surface area (Å²) in [7, 11) is -6.00. The van der Waals surface area contributed by atoms with Gasteiger partial charge in [0.05, 0.1) is 11.0 Å². The topological polar surface area (TPSA) is 84.9 Å². The van der Waals surface area contributed by atoms with Crippen molar-refractivity contribution in [2.75, 3.05) is 0 Å². The van der Waals surface area contributed by atoms with Crippen LogP contribution in [0.1, 0.15) is 10.4 Å². The molecule has 1 aromatic carbocycles. The normalized spacial score (nSPS) is 8.88. The van der Waals surface area contributed by atoms with E-state index in [1.807, 2.05) is 0 Å². The van der Waals surface area contributed by atoms with Gasteiger partial charge in [0.15, 0.2) is 0 Å². The zero-order valence-corrected chi connectivity index (χ0v) is 7.78. The summed E-state index contributed by atoms with van der Waals surface area (Å²) in [5.41, 5.74) is 0.331. The van der Waals surface area contributed by atoms with Crippen LogP contribution in [0.15, 0.2) is 30.3 Å². The number of carboxylic acid groups (broad SMARTS) is 1. The monoisotopic (exact) mass is 238 g/mol. The molecule has 0 aromatic heterocycles. The highest BCUT2D eigenvalue weighted by Crippen LogP contribution is 2.06. The van der Waals surface area contributed by atoms with Gasteiger partial charge in [0, 0.05) is 0 Å². The molecule has 0 atom stereocenters. The first-order valence-corrected chi connectivity index (χ1v) is 3.68. The molecule has 0 saturated carbocycles. The molecule has 9 heteroatoms. The van der Waals surface area contributed by atoms with Gasteiger partial charge in [-0.1, -0.05) is 18.2 Å². The maximum absolute atomic E-state index is 10.2. The molecule has 16 heavy (non-hydrogen) atoms. The number of diazo groups is 1. The van der Waals surface area contributed by atoms with E-state index in [4.69, 9.17) is 15.9 Å². The standard InChI is InChI=1S/C7H6O2.BF4.N2/c8-7(9)6-4-2-1-3-5-6;2-1(3,4)5;1-2/h1-5H,(H,8,9);;/q;-1;/p+1. The number of halogens is 4. The van der Waals surface area contributed by atoms with E-state index in [2.05, 4.69) is 0 Å². The fourth-order valence-corrected chi connectivity index (χ4v) is 0.581. The lowest BCUT2D eigenvalue weighted by Gasteiger charge is -1.94. The van der Waals surface area contributed by atoms with Crippen LogP contribution in [-0.2, 0) is 0 Å². The van der Waals surface area contributed by atoms with Crippen LogP contribution in [0.5, 0.6) is 0 Å². The Balaban J connectivity index is 0. The highest BCUT2D eigenvalue weighted by Gasteiger charge is 2.20. The highest BCUT2D eigenvalue weighted by atomic mass is 19.5. The van der Waals surface area contributed by atoms with E-state index in [-0.39, 0.29) is 0 Å². The summed E-state index contributed by atoms with van der Waals surface area (Å²) in [6, 6.07) is 8.30. The van der Waals surface area contributed by atoms with Crippen molar-refractivity contribution in [2.24, 2.45) is 0 Å². The zero-order valence-electron chi connectivity index (χ0n) is 7.78. The molecule has 88 valence electrons. The van der Waals surface area contributed by atoms with Gasteiger partial charge in [0.1, 0.15) is 0 Å². The van der Waals surface area contributed by atoms with Gasteiger partial charge in [-0.05, 0) is 12.1 Å².